The molecule has 2 fully saturated rings. The molecule has 0 aromatic rings. The fourth-order valence-electron chi connectivity index (χ4n) is 2.78. The van der Waals surface area contributed by atoms with Crippen LogP contribution in [0.4, 0.5) is 0 Å². The lowest BCUT2D eigenvalue weighted by atomic mass is 9.94. The number of likely N-dealkylation sites (tertiary alicyclic amines) is 1. The van der Waals surface area contributed by atoms with Crippen molar-refractivity contribution in [3.63, 3.8) is 0 Å². The topological polar surface area (TPSA) is 75.4 Å². The average molecular weight is 239 g/mol. The Kier molecular flexibility index (Phi) is 3.38. The summed E-state index contributed by atoms with van der Waals surface area (Å²) in [6.07, 6.45) is 5.10. The second-order valence-electron chi connectivity index (χ2n) is 5.41. The fourth-order valence-corrected chi connectivity index (χ4v) is 2.78. The fraction of sp³-hybridized carbons (Fsp3) is 0.833. The normalized spacial score (nSPS) is 27.5. The molecule has 1 saturated heterocycles. The van der Waals surface area contributed by atoms with Crippen molar-refractivity contribution >= 4 is 11.8 Å². The molecule has 1 saturated carbocycles. The van der Waals surface area contributed by atoms with Crippen molar-refractivity contribution < 1.29 is 9.59 Å². The van der Waals surface area contributed by atoms with Crippen molar-refractivity contribution in [2.75, 3.05) is 13.6 Å². The Morgan fingerprint density at radius 2 is 2.18 bits per heavy atom. The summed E-state index contributed by atoms with van der Waals surface area (Å²) in [6, 6.07) is -0.336. The lowest BCUT2D eigenvalue weighted by molar-refractivity contribution is -0.132. The van der Waals surface area contributed by atoms with Crippen LogP contribution in [0.1, 0.15) is 38.5 Å². The van der Waals surface area contributed by atoms with Crippen molar-refractivity contribution in [3.05, 3.63) is 0 Å². The van der Waals surface area contributed by atoms with Gasteiger partial charge in [0.25, 0.3) is 0 Å². The number of likely N-dealkylation sites (N-methyl/N-ethyl adjacent to an activating group) is 1. The number of rotatable bonds is 3. The van der Waals surface area contributed by atoms with E-state index in [-0.39, 0.29) is 23.4 Å². The van der Waals surface area contributed by atoms with E-state index in [0.29, 0.717) is 12.8 Å². The average Bonchev–Trinajstić information content (AvgIpc) is 2.80. The predicted octanol–water partition coefficient (Wildman–Crippen LogP) is -0.00510. The number of nitrogens with two attached hydrogens (primary N) is 1. The zero-order valence-electron chi connectivity index (χ0n) is 10.4. The first-order valence-electron chi connectivity index (χ1n) is 6.33. The van der Waals surface area contributed by atoms with Gasteiger partial charge in [-0.3, -0.25) is 9.59 Å². The van der Waals surface area contributed by atoms with Gasteiger partial charge in [-0.2, -0.15) is 0 Å². The van der Waals surface area contributed by atoms with E-state index in [2.05, 4.69) is 5.32 Å². The Labute approximate surface area is 102 Å². The number of hydrogen-bond acceptors (Lipinski definition) is 3. The lowest BCUT2D eigenvalue weighted by Gasteiger charge is -2.23. The molecule has 96 valence electrons. The molecule has 0 radical (unpaired) electrons. The van der Waals surface area contributed by atoms with Gasteiger partial charge in [-0.15, -0.1) is 0 Å². The molecule has 1 heterocycles. The van der Waals surface area contributed by atoms with E-state index < -0.39 is 0 Å². The maximum atomic E-state index is 11.9. The molecule has 0 aromatic heterocycles. The van der Waals surface area contributed by atoms with Crippen molar-refractivity contribution in [3.8, 4) is 0 Å². The van der Waals surface area contributed by atoms with Crippen LogP contribution in [-0.2, 0) is 9.59 Å². The van der Waals surface area contributed by atoms with Crippen LogP contribution in [0.2, 0.25) is 0 Å². The Balaban J connectivity index is 1.83. The quantitative estimate of drug-likeness (QED) is 0.727. The molecule has 2 rings (SSSR count). The summed E-state index contributed by atoms with van der Waals surface area (Å²) in [5.74, 6) is -0.0705. The molecule has 0 spiro atoms. The molecule has 1 aliphatic heterocycles. The van der Waals surface area contributed by atoms with Crippen molar-refractivity contribution in [1.29, 1.82) is 0 Å². The third-order valence-corrected chi connectivity index (χ3v) is 3.87. The van der Waals surface area contributed by atoms with E-state index in [1.165, 1.54) is 0 Å². The number of carbonyl (C=O) groups excluding carboxylic acids is 2. The molecule has 0 aromatic carbocycles. The molecule has 5 nitrogen and oxygen atoms in total. The predicted molar refractivity (Wildman–Crippen MR) is 64.2 cm³/mol. The van der Waals surface area contributed by atoms with Gasteiger partial charge in [0.1, 0.15) is 6.04 Å². The third-order valence-electron chi connectivity index (χ3n) is 3.87. The highest BCUT2D eigenvalue weighted by Gasteiger charge is 2.35. The van der Waals surface area contributed by atoms with Gasteiger partial charge >= 0.3 is 0 Å². The van der Waals surface area contributed by atoms with Gasteiger partial charge in [-0.25, -0.2) is 0 Å². The Morgan fingerprint density at radius 1 is 1.53 bits per heavy atom. The Hall–Kier alpha value is -1.10. The van der Waals surface area contributed by atoms with Crippen LogP contribution in [0, 0.1) is 0 Å². The van der Waals surface area contributed by atoms with Gasteiger partial charge < -0.3 is 16.0 Å². The van der Waals surface area contributed by atoms with E-state index in [9.17, 15) is 9.59 Å². The SMILES string of the molecule is CN1CCC(NC(=O)CC2(N)CCCC2)C1=O. The molecule has 1 atom stereocenters. The second-order valence-corrected chi connectivity index (χ2v) is 5.41. The maximum absolute atomic E-state index is 11.9. The molecule has 2 amide bonds. The van der Waals surface area contributed by atoms with Crippen LogP contribution in [-0.4, -0.2) is 41.9 Å². The summed E-state index contributed by atoms with van der Waals surface area (Å²) in [7, 11) is 1.76. The highest BCUT2D eigenvalue weighted by atomic mass is 16.2. The minimum absolute atomic E-state index is 0.0100. The van der Waals surface area contributed by atoms with E-state index in [0.717, 1.165) is 32.2 Å². The van der Waals surface area contributed by atoms with Crippen LogP contribution in [0.25, 0.3) is 0 Å². The highest BCUT2D eigenvalue weighted by Crippen LogP contribution is 2.29. The zero-order chi connectivity index (χ0) is 12.5. The lowest BCUT2D eigenvalue weighted by Crippen LogP contribution is -2.46. The number of nitrogens with zero attached hydrogens (tertiary/aromatic N) is 1. The van der Waals surface area contributed by atoms with Crippen LogP contribution < -0.4 is 11.1 Å². The molecule has 2 aliphatic rings. The van der Waals surface area contributed by atoms with Crippen LogP contribution in [0.3, 0.4) is 0 Å². The number of carbonyl (C=O) groups is 2. The highest BCUT2D eigenvalue weighted by molar-refractivity contribution is 5.89. The van der Waals surface area contributed by atoms with E-state index >= 15 is 0 Å². The summed E-state index contributed by atoms with van der Waals surface area (Å²) < 4.78 is 0. The van der Waals surface area contributed by atoms with Gasteiger partial charge in [0.05, 0.1) is 0 Å². The zero-order valence-corrected chi connectivity index (χ0v) is 10.4. The van der Waals surface area contributed by atoms with E-state index in [1.54, 1.807) is 11.9 Å². The minimum atomic E-state index is -0.336. The summed E-state index contributed by atoms with van der Waals surface area (Å²) in [6.45, 7) is 0.720. The molecule has 3 N–H and O–H groups in total. The summed E-state index contributed by atoms with van der Waals surface area (Å²) in [5.41, 5.74) is 5.80. The monoisotopic (exact) mass is 239 g/mol. The number of hydrogen-bond donors (Lipinski definition) is 2. The summed E-state index contributed by atoms with van der Waals surface area (Å²) in [5, 5.41) is 2.80. The first-order chi connectivity index (χ1) is 8.00. The Morgan fingerprint density at radius 3 is 2.71 bits per heavy atom. The molecular weight excluding hydrogens is 218 g/mol. The van der Waals surface area contributed by atoms with E-state index in [4.69, 9.17) is 5.73 Å². The smallest absolute Gasteiger partial charge is 0.244 e. The van der Waals surface area contributed by atoms with Crippen molar-refractivity contribution in [2.24, 2.45) is 5.73 Å². The van der Waals surface area contributed by atoms with Crippen LogP contribution in [0.5, 0.6) is 0 Å². The minimum Gasteiger partial charge on any atom is -0.344 e. The third kappa shape index (κ3) is 2.77. The van der Waals surface area contributed by atoms with Gasteiger partial charge in [-0.1, -0.05) is 12.8 Å². The van der Waals surface area contributed by atoms with Crippen LogP contribution in [0.15, 0.2) is 0 Å². The van der Waals surface area contributed by atoms with Gasteiger partial charge in [0.2, 0.25) is 11.8 Å². The van der Waals surface area contributed by atoms with Gasteiger partial charge in [0, 0.05) is 25.6 Å². The summed E-state index contributed by atoms with van der Waals surface area (Å²) in [4.78, 5) is 25.1. The van der Waals surface area contributed by atoms with Crippen molar-refractivity contribution in [1.82, 2.24) is 10.2 Å². The molecular formula is C12H21N3O2. The second kappa shape index (κ2) is 4.64. The molecule has 1 aliphatic carbocycles. The molecule has 0 bridgehead atoms. The van der Waals surface area contributed by atoms with Gasteiger partial charge in [0.15, 0.2) is 0 Å². The van der Waals surface area contributed by atoms with Gasteiger partial charge in [-0.05, 0) is 19.3 Å². The number of amides is 2. The number of nitrogens with one attached hydrogen (secondary N) is 1. The first kappa shape index (κ1) is 12.4. The van der Waals surface area contributed by atoms with E-state index in [1.807, 2.05) is 0 Å². The van der Waals surface area contributed by atoms with Crippen molar-refractivity contribution in [2.45, 2.75) is 50.1 Å². The van der Waals surface area contributed by atoms with Crippen LogP contribution >= 0.6 is 0 Å². The molecule has 1 unspecified atom stereocenters. The standard InChI is InChI=1S/C12H21N3O2/c1-15-7-4-9(11(15)17)14-10(16)8-12(13)5-2-3-6-12/h9H,2-8,13H2,1H3,(H,14,16). The molecule has 5 heteroatoms. The largest absolute Gasteiger partial charge is 0.344 e. The first-order valence-corrected chi connectivity index (χ1v) is 6.33. The maximum Gasteiger partial charge on any atom is 0.244 e. The molecule has 17 heavy (non-hydrogen) atoms. The Bertz CT molecular complexity index is 324. The summed E-state index contributed by atoms with van der Waals surface area (Å²) >= 11 is 0.